The van der Waals surface area contributed by atoms with Crippen LogP contribution in [-0.4, -0.2) is 6.67 Å². The van der Waals surface area contributed by atoms with Crippen molar-refractivity contribution in [2.24, 2.45) is 5.92 Å². The van der Waals surface area contributed by atoms with Crippen molar-refractivity contribution in [3.63, 3.8) is 0 Å². The third kappa shape index (κ3) is 3.63. The lowest BCUT2D eigenvalue weighted by molar-refractivity contribution is 0.573. The molecule has 0 bridgehead atoms. The summed E-state index contributed by atoms with van der Waals surface area (Å²) in [7, 11) is 0. The second kappa shape index (κ2) is 6.46. The predicted octanol–water partition coefficient (Wildman–Crippen LogP) is 3.78. The average molecular weight is 256 g/mol. The van der Waals surface area contributed by atoms with Crippen molar-refractivity contribution in [1.29, 1.82) is 0 Å². The molecule has 2 nitrogen and oxygen atoms in total. The van der Waals surface area contributed by atoms with Crippen molar-refractivity contribution in [3.8, 4) is 0 Å². The van der Waals surface area contributed by atoms with Gasteiger partial charge in [-0.3, -0.25) is 0 Å². The molecule has 19 heavy (non-hydrogen) atoms. The first-order valence-corrected chi connectivity index (χ1v) is 7.10. The van der Waals surface area contributed by atoms with Gasteiger partial charge in [-0.15, -0.1) is 0 Å². The number of hydrogen-bond donors (Lipinski definition) is 2. The fourth-order valence-electron chi connectivity index (χ4n) is 2.53. The van der Waals surface area contributed by atoms with Crippen molar-refractivity contribution in [3.05, 3.63) is 59.5 Å². The molecule has 0 aromatic heterocycles. The standard InChI is InChI=1S/C17H24N2/c1-4-15(10-17-11-18-12-19-17)14(3)16-7-5-6-13(2)8-9-16/h5-6,8-9,11,15,18-19H,3-4,7,10,12H2,1-2H3. The zero-order valence-electron chi connectivity index (χ0n) is 12.0. The van der Waals surface area contributed by atoms with E-state index in [1.54, 1.807) is 0 Å². The molecule has 0 saturated heterocycles. The second-order valence-corrected chi connectivity index (χ2v) is 5.27. The summed E-state index contributed by atoms with van der Waals surface area (Å²) in [5, 5.41) is 6.56. The molecule has 1 aliphatic carbocycles. The van der Waals surface area contributed by atoms with Gasteiger partial charge in [-0.05, 0) is 43.3 Å². The van der Waals surface area contributed by atoms with Gasteiger partial charge >= 0.3 is 0 Å². The summed E-state index contributed by atoms with van der Waals surface area (Å²) in [4.78, 5) is 0. The first-order valence-electron chi connectivity index (χ1n) is 7.10. The molecule has 2 heteroatoms. The Labute approximate surface area is 116 Å². The van der Waals surface area contributed by atoms with Crippen LogP contribution < -0.4 is 10.6 Å². The Kier molecular flexibility index (Phi) is 4.67. The zero-order valence-corrected chi connectivity index (χ0v) is 12.0. The van der Waals surface area contributed by atoms with E-state index in [1.807, 2.05) is 0 Å². The first-order chi connectivity index (χ1) is 9.20. The van der Waals surface area contributed by atoms with Crippen LogP contribution >= 0.6 is 0 Å². The molecule has 0 aromatic carbocycles. The number of allylic oxidation sites excluding steroid dienone is 8. The Morgan fingerprint density at radius 3 is 2.95 bits per heavy atom. The molecule has 1 atom stereocenters. The van der Waals surface area contributed by atoms with E-state index in [0.717, 1.165) is 25.9 Å². The minimum atomic E-state index is 0.519. The molecule has 0 spiro atoms. The van der Waals surface area contributed by atoms with E-state index in [-0.39, 0.29) is 0 Å². The number of nitrogens with one attached hydrogen (secondary N) is 2. The Balaban J connectivity index is 2.06. The van der Waals surface area contributed by atoms with E-state index in [0.29, 0.717) is 5.92 Å². The third-order valence-corrected chi connectivity index (χ3v) is 3.82. The fraction of sp³-hybridized carbons (Fsp3) is 0.412. The Morgan fingerprint density at radius 1 is 1.42 bits per heavy atom. The van der Waals surface area contributed by atoms with Crippen LogP contribution in [0.15, 0.2) is 59.5 Å². The van der Waals surface area contributed by atoms with Crippen LogP contribution in [0.1, 0.15) is 33.1 Å². The maximum atomic E-state index is 4.35. The van der Waals surface area contributed by atoms with E-state index in [4.69, 9.17) is 0 Å². The molecule has 1 unspecified atom stereocenters. The van der Waals surface area contributed by atoms with E-state index >= 15 is 0 Å². The van der Waals surface area contributed by atoms with Gasteiger partial charge in [-0.25, -0.2) is 0 Å². The van der Waals surface area contributed by atoms with Crippen LogP contribution in [0.4, 0.5) is 0 Å². The maximum Gasteiger partial charge on any atom is 0.0843 e. The summed E-state index contributed by atoms with van der Waals surface area (Å²) in [6, 6.07) is 0. The van der Waals surface area contributed by atoms with Gasteiger partial charge in [-0.2, -0.15) is 0 Å². The highest BCUT2D eigenvalue weighted by Crippen LogP contribution is 2.30. The maximum absolute atomic E-state index is 4.35. The van der Waals surface area contributed by atoms with Gasteiger partial charge in [0.05, 0.1) is 6.67 Å². The molecule has 0 amide bonds. The summed E-state index contributed by atoms with van der Waals surface area (Å²) in [6.07, 6.45) is 14.1. The highest BCUT2D eigenvalue weighted by molar-refractivity contribution is 5.40. The van der Waals surface area contributed by atoms with Crippen LogP contribution in [-0.2, 0) is 0 Å². The Bertz CT molecular complexity index is 464. The van der Waals surface area contributed by atoms with Gasteiger partial charge < -0.3 is 10.6 Å². The molecule has 0 radical (unpaired) electrons. The zero-order chi connectivity index (χ0) is 13.7. The first kappa shape index (κ1) is 13.7. The molecule has 2 aliphatic rings. The molecular weight excluding hydrogens is 232 g/mol. The molecular formula is C17H24N2. The molecule has 2 rings (SSSR count). The number of hydrogen-bond acceptors (Lipinski definition) is 2. The van der Waals surface area contributed by atoms with Crippen molar-refractivity contribution >= 4 is 0 Å². The Morgan fingerprint density at radius 2 is 2.26 bits per heavy atom. The topological polar surface area (TPSA) is 24.1 Å². The molecule has 0 fully saturated rings. The van der Waals surface area contributed by atoms with Crippen molar-refractivity contribution in [1.82, 2.24) is 10.6 Å². The normalized spacial score (nSPS) is 19.6. The summed E-state index contributed by atoms with van der Waals surface area (Å²) >= 11 is 0. The van der Waals surface area contributed by atoms with E-state index < -0.39 is 0 Å². The second-order valence-electron chi connectivity index (χ2n) is 5.27. The van der Waals surface area contributed by atoms with Crippen LogP contribution in [0.2, 0.25) is 0 Å². The highest BCUT2D eigenvalue weighted by atomic mass is 15.1. The predicted molar refractivity (Wildman–Crippen MR) is 82.4 cm³/mol. The lowest BCUT2D eigenvalue weighted by Gasteiger charge is -2.20. The molecule has 0 aromatic rings. The van der Waals surface area contributed by atoms with Crippen LogP contribution in [0, 0.1) is 5.92 Å². The van der Waals surface area contributed by atoms with E-state index in [9.17, 15) is 0 Å². The van der Waals surface area contributed by atoms with Crippen molar-refractivity contribution in [2.45, 2.75) is 33.1 Å². The quantitative estimate of drug-likeness (QED) is 0.782. The van der Waals surface area contributed by atoms with Gasteiger partial charge in [0.1, 0.15) is 0 Å². The van der Waals surface area contributed by atoms with Gasteiger partial charge in [0, 0.05) is 11.9 Å². The van der Waals surface area contributed by atoms with Gasteiger partial charge in [-0.1, -0.05) is 43.4 Å². The van der Waals surface area contributed by atoms with Crippen LogP contribution in [0.25, 0.3) is 0 Å². The summed E-state index contributed by atoms with van der Waals surface area (Å²) < 4.78 is 0. The smallest absolute Gasteiger partial charge is 0.0843 e. The van der Waals surface area contributed by atoms with E-state index in [1.165, 1.54) is 22.4 Å². The largest absolute Gasteiger partial charge is 0.372 e. The molecule has 1 heterocycles. The average Bonchev–Trinajstić information content (AvgIpc) is 2.83. The summed E-state index contributed by atoms with van der Waals surface area (Å²) in [5.41, 5.74) is 5.25. The monoisotopic (exact) mass is 256 g/mol. The minimum Gasteiger partial charge on any atom is -0.372 e. The molecule has 1 aliphatic heterocycles. The lowest BCUT2D eigenvalue weighted by Crippen LogP contribution is -2.16. The van der Waals surface area contributed by atoms with Crippen molar-refractivity contribution < 1.29 is 0 Å². The molecule has 2 N–H and O–H groups in total. The summed E-state index contributed by atoms with van der Waals surface area (Å²) in [5.74, 6) is 0.519. The summed E-state index contributed by atoms with van der Waals surface area (Å²) in [6.45, 7) is 9.58. The van der Waals surface area contributed by atoms with Crippen LogP contribution in [0.5, 0.6) is 0 Å². The SMILES string of the molecule is C=C(C1=CC=C(C)C=CC1)C(CC)CC1=CNCN1. The van der Waals surface area contributed by atoms with Gasteiger partial charge in [0.25, 0.3) is 0 Å². The fourth-order valence-corrected chi connectivity index (χ4v) is 2.53. The molecule has 0 saturated carbocycles. The number of rotatable bonds is 5. The highest BCUT2D eigenvalue weighted by Gasteiger charge is 2.17. The Hall–Kier alpha value is -1.70. The van der Waals surface area contributed by atoms with Gasteiger partial charge in [0.15, 0.2) is 0 Å². The van der Waals surface area contributed by atoms with Crippen LogP contribution in [0.3, 0.4) is 0 Å². The lowest BCUT2D eigenvalue weighted by atomic mass is 9.86. The van der Waals surface area contributed by atoms with Crippen molar-refractivity contribution in [2.75, 3.05) is 6.67 Å². The van der Waals surface area contributed by atoms with E-state index in [2.05, 4.69) is 61.6 Å². The van der Waals surface area contributed by atoms with Gasteiger partial charge in [0.2, 0.25) is 0 Å². The minimum absolute atomic E-state index is 0.519. The third-order valence-electron chi connectivity index (χ3n) is 3.82. The molecule has 102 valence electrons.